The van der Waals surface area contributed by atoms with E-state index in [1.54, 1.807) is 0 Å². The van der Waals surface area contributed by atoms with E-state index >= 15 is 0 Å². The summed E-state index contributed by atoms with van der Waals surface area (Å²) in [5.74, 6) is 0. The van der Waals surface area contributed by atoms with E-state index in [0.717, 1.165) is 66.3 Å². The lowest BCUT2D eigenvalue weighted by atomic mass is 10.0. The number of hydrogen-bond donors (Lipinski definition) is 0. The van der Waals surface area contributed by atoms with E-state index in [4.69, 9.17) is 8.83 Å². The van der Waals surface area contributed by atoms with Gasteiger partial charge >= 0.3 is 0 Å². The highest BCUT2D eigenvalue weighted by Crippen LogP contribution is 2.42. The summed E-state index contributed by atoms with van der Waals surface area (Å²) in [5.41, 5.74) is 6.84. The van der Waals surface area contributed by atoms with Gasteiger partial charge in [0.25, 0.3) is 0 Å². The third-order valence-electron chi connectivity index (χ3n) is 8.22. The van der Waals surface area contributed by atoms with Gasteiger partial charge in [0.05, 0.1) is 0 Å². The van der Waals surface area contributed by atoms with E-state index in [9.17, 15) is 0 Å². The lowest BCUT2D eigenvalue weighted by Gasteiger charge is -2.25. The normalized spacial score (nSPS) is 11.9. The highest BCUT2D eigenvalue weighted by molar-refractivity contribution is 6.19. The molecule has 3 nitrogen and oxygen atoms in total. The Bertz CT molecular complexity index is 2420. The molecule has 2 heterocycles. The van der Waals surface area contributed by atoms with Crippen molar-refractivity contribution in [1.82, 2.24) is 0 Å². The Morgan fingerprint density at radius 3 is 1.98 bits per heavy atom. The molecule has 9 rings (SSSR count). The predicted molar refractivity (Wildman–Crippen MR) is 171 cm³/mol. The second-order valence-electron chi connectivity index (χ2n) is 10.6. The third-order valence-corrected chi connectivity index (χ3v) is 8.22. The summed E-state index contributed by atoms with van der Waals surface area (Å²) in [4.78, 5) is 2.29. The first-order valence-corrected chi connectivity index (χ1v) is 13.9. The van der Waals surface area contributed by atoms with Crippen LogP contribution in [0.4, 0.5) is 17.1 Å². The van der Waals surface area contributed by atoms with Crippen LogP contribution in [0.2, 0.25) is 0 Å². The van der Waals surface area contributed by atoms with Gasteiger partial charge in [0.15, 0.2) is 0 Å². The molecule has 0 saturated carbocycles. The maximum Gasteiger partial charge on any atom is 0.143 e. The molecule has 0 amide bonds. The average Bonchev–Trinajstić information content (AvgIpc) is 3.60. The van der Waals surface area contributed by atoms with E-state index in [1.165, 1.54) is 16.2 Å². The van der Waals surface area contributed by atoms with Crippen molar-refractivity contribution in [3.8, 4) is 0 Å². The minimum atomic E-state index is 0.877. The Labute approximate surface area is 235 Å². The molecule has 192 valence electrons. The molecule has 2 aromatic heterocycles. The van der Waals surface area contributed by atoms with Gasteiger partial charge in [0.2, 0.25) is 0 Å². The molecule has 3 heteroatoms. The molecule has 0 aliphatic carbocycles. The molecular weight excluding hydrogens is 502 g/mol. The minimum Gasteiger partial charge on any atom is -0.456 e. The second kappa shape index (κ2) is 8.48. The van der Waals surface area contributed by atoms with Crippen LogP contribution in [0.3, 0.4) is 0 Å². The Kier molecular flexibility index (Phi) is 4.61. The van der Waals surface area contributed by atoms with Gasteiger partial charge in [-0.2, -0.15) is 0 Å². The van der Waals surface area contributed by atoms with E-state index < -0.39 is 0 Å². The van der Waals surface area contributed by atoms with Crippen molar-refractivity contribution in [3.63, 3.8) is 0 Å². The minimum absolute atomic E-state index is 0.877. The summed E-state index contributed by atoms with van der Waals surface area (Å²) in [6.07, 6.45) is 0. The average molecular weight is 526 g/mol. The summed E-state index contributed by atoms with van der Waals surface area (Å²) in [7, 11) is 0. The molecular formula is C38H23NO2. The Balaban J connectivity index is 1.26. The quantitative estimate of drug-likeness (QED) is 0.230. The third kappa shape index (κ3) is 3.33. The Morgan fingerprint density at radius 1 is 0.366 bits per heavy atom. The van der Waals surface area contributed by atoms with Crippen LogP contribution in [-0.4, -0.2) is 0 Å². The van der Waals surface area contributed by atoms with Crippen molar-refractivity contribution < 1.29 is 8.83 Å². The Hall–Kier alpha value is -5.54. The fourth-order valence-electron chi connectivity index (χ4n) is 6.34. The van der Waals surface area contributed by atoms with Crippen LogP contribution in [0, 0.1) is 0 Å². The highest BCUT2D eigenvalue weighted by atomic mass is 16.3. The van der Waals surface area contributed by atoms with Gasteiger partial charge in [0, 0.05) is 50.1 Å². The van der Waals surface area contributed by atoms with Gasteiger partial charge in [-0.25, -0.2) is 0 Å². The zero-order valence-corrected chi connectivity index (χ0v) is 22.0. The molecule has 0 atom stereocenters. The van der Waals surface area contributed by atoms with Crippen LogP contribution in [0.15, 0.2) is 148 Å². The van der Waals surface area contributed by atoms with Gasteiger partial charge in [-0.1, -0.05) is 78.9 Å². The van der Waals surface area contributed by atoms with Crippen LogP contribution in [0.1, 0.15) is 0 Å². The number of fused-ring (bicyclic) bond motifs is 10. The molecule has 0 bridgehead atoms. The second-order valence-corrected chi connectivity index (χ2v) is 10.6. The smallest absolute Gasteiger partial charge is 0.143 e. The molecule has 0 saturated heterocycles. The van der Waals surface area contributed by atoms with Crippen molar-refractivity contribution in [3.05, 3.63) is 140 Å². The van der Waals surface area contributed by atoms with Gasteiger partial charge in [-0.15, -0.1) is 0 Å². The summed E-state index contributed by atoms with van der Waals surface area (Å²) in [5, 5.41) is 9.23. The maximum atomic E-state index is 6.54. The number of anilines is 3. The molecule has 0 spiro atoms. The summed E-state index contributed by atoms with van der Waals surface area (Å²) < 4.78 is 12.7. The first kappa shape index (κ1) is 22.3. The van der Waals surface area contributed by atoms with Gasteiger partial charge in [-0.3, -0.25) is 0 Å². The van der Waals surface area contributed by atoms with Crippen molar-refractivity contribution in [2.75, 3.05) is 4.90 Å². The zero-order valence-electron chi connectivity index (χ0n) is 22.0. The van der Waals surface area contributed by atoms with Crippen LogP contribution in [0.25, 0.3) is 65.4 Å². The van der Waals surface area contributed by atoms with E-state index in [0.29, 0.717) is 0 Å². The highest BCUT2D eigenvalue weighted by Gasteiger charge is 2.18. The lowest BCUT2D eigenvalue weighted by molar-refractivity contribution is 0.669. The molecule has 7 aromatic carbocycles. The monoisotopic (exact) mass is 525 g/mol. The largest absolute Gasteiger partial charge is 0.456 e. The maximum absolute atomic E-state index is 6.54. The van der Waals surface area contributed by atoms with Crippen LogP contribution < -0.4 is 4.90 Å². The molecule has 41 heavy (non-hydrogen) atoms. The molecule has 0 radical (unpaired) electrons. The van der Waals surface area contributed by atoms with Crippen LogP contribution >= 0.6 is 0 Å². The van der Waals surface area contributed by atoms with E-state index in [2.05, 4.69) is 132 Å². The van der Waals surface area contributed by atoms with E-state index in [-0.39, 0.29) is 0 Å². The topological polar surface area (TPSA) is 29.5 Å². The summed E-state index contributed by atoms with van der Waals surface area (Å²) in [6.45, 7) is 0. The van der Waals surface area contributed by atoms with Crippen LogP contribution in [-0.2, 0) is 0 Å². The zero-order chi connectivity index (χ0) is 26.9. The van der Waals surface area contributed by atoms with Gasteiger partial charge < -0.3 is 13.7 Å². The van der Waals surface area contributed by atoms with Crippen molar-refractivity contribution in [2.45, 2.75) is 0 Å². The van der Waals surface area contributed by atoms with Gasteiger partial charge in [0.1, 0.15) is 22.3 Å². The number of benzene rings is 7. The summed E-state index contributed by atoms with van der Waals surface area (Å²) in [6, 6.07) is 48.9. The van der Waals surface area contributed by atoms with Crippen molar-refractivity contribution >= 4 is 82.5 Å². The Morgan fingerprint density at radius 2 is 1.07 bits per heavy atom. The number of para-hydroxylation sites is 2. The summed E-state index contributed by atoms with van der Waals surface area (Å²) >= 11 is 0. The van der Waals surface area contributed by atoms with Crippen LogP contribution in [0.5, 0.6) is 0 Å². The first-order valence-electron chi connectivity index (χ1n) is 13.9. The molecule has 9 aromatic rings. The standard InChI is InChI=1S/C38H23NO2/c1-2-9-26(10-3-1)39(27-16-19-29-25(22-27)15-21-35-37(29)33-12-6-7-13-34(33)40-35)28-17-20-31-32-18-14-24-8-4-5-11-30(24)38(32)41-36(31)23-28/h1-23H. The van der Waals surface area contributed by atoms with E-state index in [1.807, 2.05) is 12.1 Å². The molecule has 0 N–H and O–H groups in total. The molecule has 0 aliphatic heterocycles. The number of nitrogens with zero attached hydrogens (tertiary/aromatic N) is 1. The fourth-order valence-corrected chi connectivity index (χ4v) is 6.34. The predicted octanol–water partition coefficient (Wildman–Crippen LogP) is 11.3. The SMILES string of the molecule is c1ccc(N(c2ccc3c(ccc4oc5ccccc5c43)c2)c2ccc3c(c2)oc2c4ccccc4ccc32)cc1. The number of rotatable bonds is 3. The fraction of sp³-hybridized carbons (Fsp3) is 0. The number of furan rings is 2. The number of hydrogen-bond acceptors (Lipinski definition) is 3. The van der Waals surface area contributed by atoms with Crippen molar-refractivity contribution in [2.24, 2.45) is 0 Å². The molecule has 0 fully saturated rings. The molecule has 0 unspecified atom stereocenters. The lowest BCUT2D eigenvalue weighted by Crippen LogP contribution is -2.09. The molecule has 0 aliphatic rings. The van der Waals surface area contributed by atoms with Crippen molar-refractivity contribution in [1.29, 1.82) is 0 Å². The first-order chi connectivity index (χ1) is 20.3. The van der Waals surface area contributed by atoms with Gasteiger partial charge in [-0.05, 0) is 70.8 Å².